The maximum absolute atomic E-state index is 10.7. The minimum absolute atomic E-state index is 0.217. The van der Waals surface area contributed by atoms with Crippen molar-refractivity contribution in [3.8, 4) is 0 Å². The number of carbonyl (C=O) groups is 1. The van der Waals surface area contributed by atoms with Crippen LogP contribution in [0.25, 0.3) is 10.8 Å². The molecule has 2 aromatic rings. The largest absolute Gasteiger partial charge is 0.465 e. The van der Waals surface area contributed by atoms with Gasteiger partial charge in [0, 0.05) is 3.57 Å². The van der Waals surface area contributed by atoms with E-state index in [1.54, 1.807) is 0 Å². The molecule has 1 atom stereocenters. The van der Waals surface area contributed by atoms with Crippen LogP contribution in [-0.2, 0) is 0 Å². The molecule has 0 radical (unpaired) electrons. The Balaban J connectivity index is 2.58. The van der Waals surface area contributed by atoms with E-state index in [1.165, 1.54) is 0 Å². The molecule has 0 saturated heterocycles. The van der Waals surface area contributed by atoms with Gasteiger partial charge >= 0.3 is 6.09 Å². The number of nitrogens with one attached hydrogen (secondary N) is 1. The van der Waals surface area contributed by atoms with Crippen molar-refractivity contribution in [1.29, 1.82) is 0 Å². The molecule has 0 spiro atoms. The normalized spacial score (nSPS) is 12.4. The van der Waals surface area contributed by atoms with E-state index in [4.69, 9.17) is 5.11 Å². The molecule has 1 amide bonds. The summed E-state index contributed by atoms with van der Waals surface area (Å²) < 4.78 is 1.07. The van der Waals surface area contributed by atoms with Gasteiger partial charge in [-0.2, -0.15) is 0 Å². The van der Waals surface area contributed by atoms with Crippen molar-refractivity contribution in [1.82, 2.24) is 5.32 Å². The molecule has 2 rings (SSSR count). The van der Waals surface area contributed by atoms with Gasteiger partial charge in [0.1, 0.15) is 0 Å². The summed E-state index contributed by atoms with van der Waals surface area (Å²) in [6.45, 7) is 1.86. The Kier molecular flexibility index (Phi) is 3.51. The van der Waals surface area contributed by atoms with E-state index in [0.717, 1.165) is 19.9 Å². The lowest BCUT2D eigenvalue weighted by molar-refractivity contribution is 0.191. The van der Waals surface area contributed by atoms with Crippen molar-refractivity contribution >= 4 is 39.5 Å². The highest BCUT2D eigenvalue weighted by Crippen LogP contribution is 2.28. The molecule has 4 heteroatoms. The highest BCUT2D eigenvalue weighted by atomic mass is 127. The van der Waals surface area contributed by atoms with Gasteiger partial charge in [0.2, 0.25) is 0 Å². The predicted molar refractivity (Wildman–Crippen MR) is 76.2 cm³/mol. The summed E-state index contributed by atoms with van der Waals surface area (Å²) in [6.07, 6.45) is -0.999. The average Bonchev–Trinajstić information content (AvgIpc) is 2.27. The van der Waals surface area contributed by atoms with Crippen molar-refractivity contribution in [2.75, 3.05) is 0 Å². The Morgan fingerprint density at radius 3 is 2.71 bits per heavy atom. The van der Waals surface area contributed by atoms with Crippen LogP contribution in [0, 0.1) is 3.57 Å². The van der Waals surface area contributed by atoms with E-state index in [1.807, 2.05) is 43.3 Å². The maximum Gasteiger partial charge on any atom is 0.405 e. The first kappa shape index (κ1) is 12.2. The van der Waals surface area contributed by atoms with E-state index >= 15 is 0 Å². The Morgan fingerprint density at radius 1 is 1.29 bits per heavy atom. The highest BCUT2D eigenvalue weighted by Gasteiger charge is 2.14. The van der Waals surface area contributed by atoms with Gasteiger partial charge in [-0.25, -0.2) is 4.79 Å². The predicted octanol–water partition coefficient (Wildman–Crippen LogP) is 3.77. The van der Waals surface area contributed by atoms with E-state index in [0.29, 0.717) is 0 Å². The van der Waals surface area contributed by atoms with Crippen LogP contribution in [0.4, 0.5) is 4.79 Å². The van der Waals surface area contributed by atoms with Crippen molar-refractivity contribution in [3.05, 3.63) is 45.5 Å². The first-order chi connectivity index (χ1) is 8.09. The van der Waals surface area contributed by atoms with Crippen LogP contribution >= 0.6 is 22.6 Å². The van der Waals surface area contributed by atoms with Crippen molar-refractivity contribution in [2.45, 2.75) is 13.0 Å². The Bertz CT molecular complexity index is 568. The van der Waals surface area contributed by atoms with Crippen LogP contribution in [0.1, 0.15) is 18.5 Å². The maximum atomic E-state index is 10.7. The fraction of sp³-hybridized carbons (Fsp3) is 0.154. The van der Waals surface area contributed by atoms with Gasteiger partial charge in [-0.15, -0.1) is 0 Å². The molecular weight excluding hydrogens is 329 g/mol. The second kappa shape index (κ2) is 4.91. The lowest BCUT2D eigenvalue weighted by atomic mass is 10.00. The third-order valence-electron chi connectivity index (χ3n) is 2.69. The number of halogens is 1. The molecule has 0 unspecified atom stereocenters. The second-order valence-corrected chi connectivity index (χ2v) is 5.02. The van der Waals surface area contributed by atoms with E-state index in [-0.39, 0.29) is 6.04 Å². The summed E-state index contributed by atoms with van der Waals surface area (Å²) in [6, 6.07) is 11.8. The second-order valence-electron chi connectivity index (χ2n) is 3.85. The molecule has 0 heterocycles. The van der Waals surface area contributed by atoms with Gasteiger partial charge in [0.25, 0.3) is 0 Å². The van der Waals surface area contributed by atoms with Gasteiger partial charge in [0.05, 0.1) is 6.04 Å². The monoisotopic (exact) mass is 341 g/mol. The van der Waals surface area contributed by atoms with Crippen LogP contribution in [0.3, 0.4) is 0 Å². The average molecular weight is 341 g/mol. The minimum Gasteiger partial charge on any atom is -0.465 e. The SMILES string of the molecule is C[C@@H](NC(=O)O)c1c(I)ccc2ccccc12. The van der Waals surface area contributed by atoms with Crippen molar-refractivity contribution in [2.24, 2.45) is 0 Å². The Morgan fingerprint density at radius 2 is 2.00 bits per heavy atom. The van der Waals surface area contributed by atoms with Crippen LogP contribution in [0.15, 0.2) is 36.4 Å². The summed E-state index contributed by atoms with van der Waals surface area (Å²) in [5, 5.41) is 13.5. The van der Waals surface area contributed by atoms with Crippen LogP contribution < -0.4 is 5.32 Å². The molecule has 0 aromatic heterocycles. The molecule has 2 aromatic carbocycles. The zero-order chi connectivity index (χ0) is 12.4. The van der Waals surface area contributed by atoms with E-state index in [9.17, 15) is 4.79 Å². The lowest BCUT2D eigenvalue weighted by Gasteiger charge is -2.16. The van der Waals surface area contributed by atoms with Gasteiger partial charge in [0.15, 0.2) is 0 Å². The summed E-state index contributed by atoms with van der Waals surface area (Å²) in [5.74, 6) is 0. The number of rotatable bonds is 2. The molecular formula is C13H12INO2. The number of hydrogen-bond donors (Lipinski definition) is 2. The Hall–Kier alpha value is -1.30. The molecule has 0 fully saturated rings. The summed E-state index contributed by atoms with van der Waals surface area (Å²) in [4.78, 5) is 10.7. The standard InChI is InChI=1S/C13H12INO2/c1-8(15-13(16)17)12-10-5-3-2-4-9(10)6-7-11(12)14/h2-8,15H,1H3,(H,16,17)/t8-/m1/s1. The number of benzene rings is 2. The van der Waals surface area contributed by atoms with Crippen molar-refractivity contribution < 1.29 is 9.90 Å². The number of amides is 1. The zero-order valence-corrected chi connectivity index (χ0v) is 11.4. The molecule has 0 bridgehead atoms. The molecule has 0 aliphatic carbocycles. The van der Waals surface area contributed by atoms with Gasteiger partial charge in [-0.1, -0.05) is 30.3 Å². The third-order valence-corrected chi connectivity index (χ3v) is 3.63. The molecule has 2 N–H and O–H groups in total. The Labute approximate surface area is 113 Å². The van der Waals surface area contributed by atoms with Crippen LogP contribution in [0.5, 0.6) is 0 Å². The fourth-order valence-corrected chi connectivity index (χ4v) is 2.90. The van der Waals surface area contributed by atoms with Crippen molar-refractivity contribution in [3.63, 3.8) is 0 Å². The van der Waals surface area contributed by atoms with Gasteiger partial charge in [-0.05, 0) is 51.9 Å². The molecule has 88 valence electrons. The van der Waals surface area contributed by atoms with Gasteiger partial charge in [-0.3, -0.25) is 0 Å². The number of hydrogen-bond acceptors (Lipinski definition) is 1. The topological polar surface area (TPSA) is 49.3 Å². The summed E-state index contributed by atoms with van der Waals surface area (Å²) in [5.41, 5.74) is 1.03. The van der Waals surface area contributed by atoms with E-state index in [2.05, 4.69) is 27.9 Å². The molecule has 0 aliphatic heterocycles. The summed E-state index contributed by atoms with van der Waals surface area (Å²) in [7, 11) is 0. The van der Waals surface area contributed by atoms with Crippen LogP contribution in [-0.4, -0.2) is 11.2 Å². The third kappa shape index (κ3) is 2.52. The first-order valence-corrected chi connectivity index (χ1v) is 6.34. The highest BCUT2D eigenvalue weighted by molar-refractivity contribution is 14.1. The molecule has 3 nitrogen and oxygen atoms in total. The quantitative estimate of drug-likeness (QED) is 0.817. The minimum atomic E-state index is -0.999. The smallest absolute Gasteiger partial charge is 0.405 e. The fourth-order valence-electron chi connectivity index (χ4n) is 1.97. The molecule has 0 saturated carbocycles. The van der Waals surface area contributed by atoms with Crippen LogP contribution in [0.2, 0.25) is 0 Å². The molecule has 0 aliphatic rings. The zero-order valence-electron chi connectivity index (χ0n) is 9.27. The number of fused-ring (bicyclic) bond motifs is 1. The first-order valence-electron chi connectivity index (χ1n) is 5.26. The summed E-state index contributed by atoms with van der Waals surface area (Å²) >= 11 is 2.24. The number of carboxylic acid groups (broad SMARTS) is 1. The molecule has 17 heavy (non-hydrogen) atoms. The van der Waals surface area contributed by atoms with Gasteiger partial charge < -0.3 is 10.4 Å². The van der Waals surface area contributed by atoms with E-state index < -0.39 is 6.09 Å². The lowest BCUT2D eigenvalue weighted by Crippen LogP contribution is -2.25.